The third-order valence-electron chi connectivity index (χ3n) is 3.30. The number of rotatable bonds is 5. The minimum Gasteiger partial charge on any atom is -0.392 e. The molecule has 0 aliphatic carbocycles. The second-order valence-electron chi connectivity index (χ2n) is 5.30. The van der Waals surface area contributed by atoms with Crippen LogP contribution in [0.15, 0.2) is 18.2 Å². The topological polar surface area (TPSA) is 32.3 Å². The first-order valence-electron chi connectivity index (χ1n) is 6.40. The average Bonchev–Trinajstić information content (AvgIpc) is 2.28. The van der Waals surface area contributed by atoms with Crippen LogP contribution >= 0.6 is 0 Å². The minimum atomic E-state index is -0.275. The second-order valence-corrected chi connectivity index (χ2v) is 5.30. The van der Waals surface area contributed by atoms with Crippen molar-refractivity contribution < 1.29 is 5.11 Å². The fraction of sp³-hybridized carbons (Fsp3) is 0.600. The van der Waals surface area contributed by atoms with E-state index in [1.807, 2.05) is 13.8 Å². The van der Waals surface area contributed by atoms with Gasteiger partial charge in [0.05, 0.1) is 6.10 Å². The van der Waals surface area contributed by atoms with Crippen molar-refractivity contribution in [2.75, 3.05) is 6.54 Å². The van der Waals surface area contributed by atoms with Gasteiger partial charge in [-0.05, 0) is 37.8 Å². The molecule has 0 aliphatic heterocycles. The Balaban J connectivity index is 2.63. The Morgan fingerprint density at radius 1 is 1.18 bits per heavy atom. The fourth-order valence-corrected chi connectivity index (χ4v) is 1.87. The summed E-state index contributed by atoms with van der Waals surface area (Å²) in [4.78, 5) is 0. The van der Waals surface area contributed by atoms with Gasteiger partial charge in [-0.15, -0.1) is 0 Å². The predicted molar refractivity (Wildman–Crippen MR) is 73.2 cm³/mol. The van der Waals surface area contributed by atoms with Gasteiger partial charge in [0.25, 0.3) is 0 Å². The van der Waals surface area contributed by atoms with Gasteiger partial charge < -0.3 is 10.4 Å². The van der Waals surface area contributed by atoms with E-state index in [2.05, 4.69) is 44.3 Å². The first kappa shape index (κ1) is 14.2. The lowest BCUT2D eigenvalue weighted by molar-refractivity contribution is 0.120. The highest BCUT2D eigenvalue weighted by Gasteiger charge is 2.12. The number of aliphatic hydroxyl groups is 1. The molecule has 0 aromatic heterocycles. The van der Waals surface area contributed by atoms with Gasteiger partial charge in [0.15, 0.2) is 0 Å². The van der Waals surface area contributed by atoms with E-state index in [1.54, 1.807) is 0 Å². The zero-order valence-electron chi connectivity index (χ0n) is 11.6. The van der Waals surface area contributed by atoms with Crippen molar-refractivity contribution >= 4 is 0 Å². The molecule has 0 bridgehead atoms. The van der Waals surface area contributed by atoms with Gasteiger partial charge in [0.1, 0.15) is 0 Å². The molecule has 1 aromatic rings. The molecule has 17 heavy (non-hydrogen) atoms. The van der Waals surface area contributed by atoms with Gasteiger partial charge in [-0.3, -0.25) is 0 Å². The van der Waals surface area contributed by atoms with Crippen LogP contribution in [-0.4, -0.2) is 17.8 Å². The summed E-state index contributed by atoms with van der Waals surface area (Å²) in [6.45, 7) is 11.1. The second kappa shape index (κ2) is 6.18. The van der Waals surface area contributed by atoms with Crippen molar-refractivity contribution in [3.63, 3.8) is 0 Å². The summed E-state index contributed by atoms with van der Waals surface area (Å²) in [5.41, 5.74) is 3.90. The quantitative estimate of drug-likeness (QED) is 0.822. The Hall–Kier alpha value is -0.860. The van der Waals surface area contributed by atoms with Gasteiger partial charge in [0, 0.05) is 12.6 Å². The van der Waals surface area contributed by atoms with E-state index < -0.39 is 0 Å². The number of aryl methyl sites for hydroxylation is 2. The third kappa shape index (κ3) is 4.14. The van der Waals surface area contributed by atoms with Crippen LogP contribution in [0.4, 0.5) is 0 Å². The first-order valence-corrected chi connectivity index (χ1v) is 6.40. The Bertz CT molecular complexity index is 360. The van der Waals surface area contributed by atoms with Crippen LogP contribution < -0.4 is 5.32 Å². The van der Waals surface area contributed by atoms with Gasteiger partial charge >= 0.3 is 0 Å². The number of hydrogen-bond acceptors (Lipinski definition) is 2. The zero-order chi connectivity index (χ0) is 13.0. The Kier molecular flexibility index (Phi) is 5.16. The van der Waals surface area contributed by atoms with E-state index >= 15 is 0 Å². The molecule has 2 N–H and O–H groups in total. The molecule has 0 amide bonds. The van der Waals surface area contributed by atoms with Crippen LogP contribution in [0.2, 0.25) is 0 Å². The van der Waals surface area contributed by atoms with Crippen LogP contribution in [-0.2, 0) is 0 Å². The maximum absolute atomic E-state index is 9.78. The van der Waals surface area contributed by atoms with Crippen molar-refractivity contribution in [3.05, 3.63) is 34.9 Å². The van der Waals surface area contributed by atoms with Gasteiger partial charge in [-0.1, -0.05) is 37.6 Å². The Morgan fingerprint density at radius 2 is 1.82 bits per heavy atom. The maximum Gasteiger partial charge on any atom is 0.0687 e. The summed E-state index contributed by atoms with van der Waals surface area (Å²) >= 11 is 0. The third-order valence-corrected chi connectivity index (χ3v) is 3.30. The molecule has 96 valence electrons. The summed E-state index contributed by atoms with van der Waals surface area (Å²) in [5.74, 6) is 0.299. The Morgan fingerprint density at radius 3 is 2.41 bits per heavy atom. The van der Waals surface area contributed by atoms with Gasteiger partial charge in [0.2, 0.25) is 0 Å². The first-order chi connectivity index (χ1) is 7.91. The molecule has 0 heterocycles. The van der Waals surface area contributed by atoms with Crippen LogP contribution in [0.3, 0.4) is 0 Å². The summed E-state index contributed by atoms with van der Waals surface area (Å²) in [7, 11) is 0. The lowest BCUT2D eigenvalue weighted by Crippen LogP contribution is -2.32. The van der Waals surface area contributed by atoms with Crippen molar-refractivity contribution in [1.82, 2.24) is 5.32 Å². The lowest BCUT2D eigenvalue weighted by atomic mass is 9.99. The SMILES string of the molecule is Cc1ccc(C)c(C(C)NCC(O)C(C)C)c1. The molecule has 2 atom stereocenters. The van der Waals surface area contributed by atoms with Crippen molar-refractivity contribution in [3.8, 4) is 0 Å². The van der Waals surface area contributed by atoms with Gasteiger partial charge in [-0.25, -0.2) is 0 Å². The normalized spacial score (nSPS) is 15.0. The van der Waals surface area contributed by atoms with Gasteiger partial charge in [-0.2, -0.15) is 0 Å². The molecule has 0 radical (unpaired) electrons. The molecule has 0 aliphatic rings. The van der Waals surface area contributed by atoms with Crippen LogP contribution in [0.5, 0.6) is 0 Å². The minimum absolute atomic E-state index is 0.275. The molecule has 0 fully saturated rings. The van der Waals surface area contributed by atoms with Crippen molar-refractivity contribution in [2.24, 2.45) is 5.92 Å². The van der Waals surface area contributed by atoms with Crippen molar-refractivity contribution in [1.29, 1.82) is 0 Å². The highest BCUT2D eigenvalue weighted by molar-refractivity contribution is 5.32. The van der Waals surface area contributed by atoms with Crippen LogP contribution in [0.1, 0.15) is 43.5 Å². The molecule has 0 spiro atoms. The molecular weight excluding hydrogens is 210 g/mol. The van der Waals surface area contributed by atoms with Crippen LogP contribution in [0.25, 0.3) is 0 Å². The van der Waals surface area contributed by atoms with E-state index in [0.717, 1.165) is 0 Å². The lowest BCUT2D eigenvalue weighted by Gasteiger charge is -2.21. The highest BCUT2D eigenvalue weighted by Crippen LogP contribution is 2.18. The molecule has 1 rings (SSSR count). The zero-order valence-corrected chi connectivity index (χ0v) is 11.6. The smallest absolute Gasteiger partial charge is 0.0687 e. The molecule has 1 aromatic carbocycles. The molecule has 2 heteroatoms. The number of hydrogen-bond donors (Lipinski definition) is 2. The van der Waals surface area contributed by atoms with E-state index in [-0.39, 0.29) is 12.1 Å². The molecule has 0 saturated carbocycles. The van der Waals surface area contributed by atoms with E-state index in [0.29, 0.717) is 12.5 Å². The maximum atomic E-state index is 9.78. The largest absolute Gasteiger partial charge is 0.392 e. The standard InChI is InChI=1S/C15H25NO/c1-10(2)15(17)9-16-13(5)14-8-11(3)6-7-12(14)4/h6-8,10,13,15-17H,9H2,1-5H3. The summed E-state index contributed by atoms with van der Waals surface area (Å²) < 4.78 is 0. The summed E-state index contributed by atoms with van der Waals surface area (Å²) in [6, 6.07) is 6.79. The van der Waals surface area contributed by atoms with E-state index in [1.165, 1.54) is 16.7 Å². The monoisotopic (exact) mass is 235 g/mol. The number of benzene rings is 1. The highest BCUT2D eigenvalue weighted by atomic mass is 16.3. The average molecular weight is 235 g/mol. The molecular formula is C15H25NO. The molecule has 2 unspecified atom stereocenters. The predicted octanol–water partition coefficient (Wildman–Crippen LogP) is 2.97. The summed E-state index contributed by atoms with van der Waals surface area (Å²) in [5, 5.41) is 13.2. The number of aliphatic hydroxyl groups excluding tert-OH is 1. The number of nitrogens with one attached hydrogen (secondary N) is 1. The molecule has 0 saturated heterocycles. The Labute approximate surface area is 105 Å². The van der Waals surface area contributed by atoms with Crippen LogP contribution in [0, 0.1) is 19.8 Å². The van der Waals surface area contributed by atoms with Crippen molar-refractivity contribution in [2.45, 2.75) is 46.8 Å². The summed E-state index contributed by atoms with van der Waals surface area (Å²) in [6.07, 6.45) is -0.275. The van der Waals surface area contributed by atoms with E-state index in [4.69, 9.17) is 0 Å². The fourth-order valence-electron chi connectivity index (χ4n) is 1.87. The van der Waals surface area contributed by atoms with E-state index in [9.17, 15) is 5.11 Å². The molecule has 2 nitrogen and oxygen atoms in total.